The summed E-state index contributed by atoms with van der Waals surface area (Å²) < 4.78 is 1.65. The standard InChI is InChI=1S/C14H18N2O4/c1-14(2,3)15-12(18)11(17)10-7-8(13(19)20)9-5-4-6-16(9)10/h7H,4-6H2,1-3H3,(H,15,18)(H,19,20). The maximum atomic E-state index is 12.2. The van der Waals surface area contributed by atoms with E-state index in [2.05, 4.69) is 5.32 Å². The van der Waals surface area contributed by atoms with Crippen LogP contribution >= 0.6 is 0 Å². The molecule has 6 heteroatoms. The number of ketones is 1. The molecule has 0 atom stereocenters. The summed E-state index contributed by atoms with van der Waals surface area (Å²) in [6, 6.07) is 1.31. The van der Waals surface area contributed by atoms with Gasteiger partial charge in [-0.2, -0.15) is 0 Å². The lowest BCUT2D eigenvalue weighted by Gasteiger charge is -2.19. The largest absolute Gasteiger partial charge is 0.478 e. The highest BCUT2D eigenvalue weighted by molar-refractivity contribution is 6.42. The Labute approximate surface area is 116 Å². The molecule has 0 bridgehead atoms. The molecule has 0 saturated carbocycles. The van der Waals surface area contributed by atoms with E-state index in [1.54, 1.807) is 25.3 Å². The predicted molar refractivity (Wildman–Crippen MR) is 71.9 cm³/mol. The summed E-state index contributed by atoms with van der Waals surface area (Å²) in [4.78, 5) is 35.3. The zero-order valence-corrected chi connectivity index (χ0v) is 11.8. The van der Waals surface area contributed by atoms with Crippen LogP contribution in [0.3, 0.4) is 0 Å². The van der Waals surface area contributed by atoms with Crippen LogP contribution in [0.5, 0.6) is 0 Å². The van der Waals surface area contributed by atoms with Crippen LogP contribution in [-0.2, 0) is 17.8 Å². The summed E-state index contributed by atoms with van der Waals surface area (Å²) >= 11 is 0. The van der Waals surface area contributed by atoms with Crippen molar-refractivity contribution in [2.45, 2.75) is 45.7 Å². The van der Waals surface area contributed by atoms with E-state index >= 15 is 0 Å². The molecule has 0 unspecified atom stereocenters. The molecule has 0 radical (unpaired) electrons. The number of nitrogens with one attached hydrogen (secondary N) is 1. The highest BCUT2D eigenvalue weighted by atomic mass is 16.4. The molecule has 0 saturated heterocycles. The molecular weight excluding hydrogens is 260 g/mol. The maximum Gasteiger partial charge on any atom is 0.337 e. The average molecular weight is 278 g/mol. The van der Waals surface area contributed by atoms with Crippen LogP contribution in [0.4, 0.5) is 0 Å². The third-order valence-corrected chi connectivity index (χ3v) is 3.16. The number of fused-ring (bicyclic) bond motifs is 1. The first kappa shape index (κ1) is 14.3. The molecule has 1 amide bonds. The third-order valence-electron chi connectivity index (χ3n) is 3.16. The summed E-state index contributed by atoms with van der Waals surface area (Å²) in [6.07, 6.45) is 1.41. The Balaban J connectivity index is 2.34. The minimum Gasteiger partial charge on any atom is -0.478 e. The minimum atomic E-state index is -1.06. The topological polar surface area (TPSA) is 88.4 Å². The molecule has 2 rings (SSSR count). The van der Waals surface area contributed by atoms with Crippen molar-refractivity contribution in [1.82, 2.24) is 9.88 Å². The molecule has 0 aliphatic carbocycles. The molecular formula is C14H18N2O4. The Bertz CT molecular complexity index is 593. The van der Waals surface area contributed by atoms with Crippen molar-refractivity contribution in [2.24, 2.45) is 0 Å². The van der Waals surface area contributed by atoms with E-state index in [4.69, 9.17) is 5.11 Å². The fourth-order valence-corrected chi connectivity index (χ4v) is 2.41. The predicted octanol–water partition coefficient (Wildman–Crippen LogP) is 1.23. The van der Waals surface area contributed by atoms with Crippen molar-refractivity contribution in [1.29, 1.82) is 0 Å². The van der Waals surface area contributed by atoms with E-state index in [1.165, 1.54) is 6.07 Å². The molecule has 1 aromatic heterocycles. The second kappa shape index (κ2) is 4.77. The number of nitrogens with zero attached hydrogens (tertiary/aromatic N) is 1. The van der Waals surface area contributed by atoms with Crippen LogP contribution in [0, 0.1) is 0 Å². The highest BCUT2D eigenvalue weighted by Gasteiger charge is 2.30. The molecule has 1 aliphatic heterocycles. The molecule has 6 nitrogen and oxygen atoms in total. The van der Waals surface area contributed by atoms with E-state index in [1.807, 2.05) is 0 Å². The van der Waals surface area contributed by atoms with Gasteiger partial charge >= 0.3 is 5.97 Å². The molecule has 0 spiro atoms. The van der Waals surface area contributed by atoms with Crippen LogP contribution < -0.4 is 5.32 Å². The number of carboxylic acid groups (broad SMARTS) is 1. The average Bonchev–Trinajstić information content (AvgIpc) is 2.85. The van der Waals surface area contributed by atoms with Gasteiger partial charge in [0.25, 0.3) is 11.7 Å². The van der Waals surface area contributed by atoms with Gasteiger partial charge in [0.05, 0.1) is 11.3 Å². The molecule has 0 aromatic carbocycles. The Hall–Kier alpha value is -2.11. The van der Waals surface area contributed by atoms with Gasteiger partial charge in [-0.05, 0) is 39.7 Å². The lowest BCUT2D eigenvalue weighted by molar-refractivity contribution is -0.118. The second-order valence-electron chi connectivity index (χ2n) is 5.98. The third kappa shape index (κ3) is 2.59. The Morgan fingerprint density at radius 3 is 2.50 bits per heavy atom. The van der Waals surface area contributed by atoms with Gasteiger partial charge in [0.1, 0.15) is 0 Å². The molecule has 0 fully saturated rings. The number of hydrogen-bond donors (Lipinski definition) is 2. The number of aromatic carboxylic acids is 1. The van der Waals surface area contributed by atoms with Crippen molar-refractivity contribution in [3.05, 3.63) is 23.0 Å². The van der Waals surface area contributed by atoms with Crippen LogP contribution in [0.25, 0.3) is 0 Å². The first-order chi connectivity index (χ1) is 9.20. The van der Waals surface area contributed by atoms with Crippen molar-refractivity contribution in [3.63, 3.8) is 0 Å². The molecule has 1 aliphatic rings. The molecule has 2 N–H and O–H groups in total. The van der Waals surface area contributed by atoms with E-state index in [0.717, 1.165) is 6.42 Å². The van der Waals surface area contributed by atoms with E-state index < -0.39 is 23.2 Å². The van der Waals surface area contributed by atoms with Crippen LogP contribution in [-0.4, -0.2) is 32.9 Å². The number of carbonyl (C=O) groups excluding carboxylic acids is 2. The normalized spacial score (nSPS) is 13.9. The van der Waals surface area contributed by atoms with Gasteiger partial charge in [-0.3, -0.25) is 9.59 Å². The van der Waals surface area contributed by atoms with E-state index in [-0.39, 0.29) is 11.3 Å². The first-order valence-corrected chi connectivity index (χ1v) is 6.53. The minimum absolute atomic E-state index is 0.120. The maximum absolute atomic E-state index is 12.2. The second-order valence-corrected chi connectivity index (χ2v) is 5.98. The molecule has 1 aromatic rings. The van der Waals surface area contributed by atoms with Gasteiger partial charge in [0.2, 0.25) is 0 Å². The van der Waals surface area contributed by atoms with Gasteiger partial charge in [0, 0.05) is 17.8 Å². The smallest absolute Gasteiger partial charge is 0.337 e. The quantitative estimate of drug-likeness (QED) is 0.643. The van der Waals surface area contributed by atoms with Crippen molar-refractivity contribution in [2.75, 3.05) is 0 Å². The van der Waals surface area contributed by atoms with Crippen molar-refractivity contribution in [3.8, 4) is 0 Å². The van der Waals surface area contributed by atoms with Crippen LogP contribution in [0.2, 0.25) is 0 Å². The summed E-state index contributed by atoms with van der Waals surface area (Å²) in [7, 11) is 0. The zero-order chi connectivity index (χ0) is 15.1. The monoisotopic (exact) mass is 278 g/mol. The zero-order valence-electron chi connectivity index (χ0n) is 11.8. The van der Waals surface area contributed by atoms with Crippen molar-refractivity contribution < 1.29 is 19.5 Å². The summed E-state index contributed by atoms with van der Waals surface area (Å²) in [5.41, 5.74) is 0.401. The first-order valence-electron chi connectivity index (χ1n) is 6.53. The number of carbonyl (C=O) groups is 3. The van der Waals surface area contributed by atoms with Gasteiger partial charge < -0.3 is 15.0 Å². The summed E-state index contributed by atoms with van der Waals surface area (Å²) in [6.45, 7) is 5.92. The molecule has 2 heterocycles. The van der Waals surface area contributed by atoms with Gasteiger partial charge in [-0.1, -0.05) is 0 Å². The Morgan fingerprint density at radius 2 is 1.95 bits per heavy atom. The van der Waals surface area contributed by atoms with Crippen LogP contribution in [0.15, 0.2) is 6.07 Å². The van der Waals surface area contributed by atoms with Crippen molar-refractivity contribution >= 4 is 17.7 Å². The molecule has 20 heavy (non-hydrogen) atoms. The van der Waals surface area contributed by atoms with Gasteiger partial charge in [-0.25, -0.2) is 4.79 Å². The van der Waals surface area contributed by atoms with Gasteiger partial charge in [0.15, 0.2) is 0 Å². The summed E-state index contributed by atoms with van der Waals surface area (Å²) in [5.74, 6) is -2.46. The number of aromatic nitrogens is 1. The van der Waals surface area contributed by atoms with Gasteiger partial charge in [-0.15, -0.1) is 0 Å². The fraction of sp³-hybridized carbons (Fsp3) is 0.500. The Morgan fingerprint density at radius 1 is 1.30 bits per heavy atom. The number of Topliss-reactive ketones (excluding diaryl/α,β-unsaturated/α-hetero) is 1. The number of hydrogen-bond acceptors (Lipinski definition) is 3. The SMILES string of the molecule is CC(C)(C)NC(=O)C(=O)c1cc(C(=O)O)c2n1CCC2. The number of rotatable bonds is 3. The van der Waals surface area contributed by atoms with Crippen LogP contribution in [0.1, 0.15) is 53.7 Å². The summed E-state index contributed by atoms with van der Waals surface area (Å²) in [5, 5.41) is 11.7. The fourth-order valence-electron chi connectivity index (χ4n) is 2.41. The van der Waals surface area contributed by atoms with E-state index in [9.17, 15) is 14.4 Å². The lowest BCUT2D eigenvalue weighted by atomic mass is 10.1. The number of amides is 1. The highest BCUT2D eigenvalue weighted by Crippen LogP contribution is 2.24. The Kier molecular flexibility index (Phi) is 3.41. The lowest BCUT2D eigenvalue weighted by Crippen LogP contribution is -2.44. The number of carboxylic acids is 1. The van der Waals surface area contributed by atoms with E-state index in [0.29, 0.717) is 18.7 Å². The molecule has 108 valence electrons.